The fraction of sp³-hybridized carbons (Fsp3) is 0.125. The molecule has 0 aliphatic heterocycles. The number of benzene rings is 1. The topological polar surface area (TPSA) is 29.4 Å². The number of halogens is 1. The summed E-state index contributed by atoms with van der Waals surface area (Å²) in [5, 5.41) is 0. The molecule has 0 fully saturated rings. The number of alkyl halides is 1. The van der Waals surface area contributed by atoms with Crippen LogP contribution in [-0.2, 0) is 9.22 Å². The first-order chi connectivity index (χ1) is 5.36. The molecular formula is C8H6INO. The van der Waals surface area contributed by atoms with Crippen molar-refractivity contribution in [1.82, 2.24) is 0 Å². The molecule has 0 aliphatic carbocycles. The third-order valence-corrected chi connectivity index (χ3v) is 2.15. The van der Waals surface area contributed by atoms with Crippen LogP contribution in [0.1, 0.15) is 5.56 Å². The first-order valence-electron chi connectivity index (χ1n) is 3.09. The van der Waals surface area contributed by atoms with Gasteiger partial charge in [0.25, 0.3) is 0 Å². The molecule has 0 unspecified atom stereocenters. The van der Waals surface area contributed by atoms with E-state index in [9.17, 15) is 4.79 Å². The molecule has 0 N–H and O–H groups in total. The molecule has 1 aromatic carbocycles. The van der Waals surface area contributed by atoms with E-state index in [1.54, 1.807) is 12.1 Å². The lowest BCUT2D eigenvalue weighted by molar-refractivity contribution is 0.565. The van der Waals surface area contributed by atoms with Crippen molar-refractivity contribution in [3.8, 4) is 0 Å². The molecule has 0 bridgehead atoms. The van der Waals surface area contributed by atoms with Crippen LogP contribution in [0, 0.1) is 0 Å². The van der Waals surface area contributed by atoms with Gasteiger partial charge < -0.3 is 0 Å². The summed E-state index contributed by atoms with van der Waals surface area (Å²) in [6, 6.07) is 7.50. The Bertz CT molecular complexity index is 275. The summed E-state index contributed by atoms with van der Waals surface area (Å²) in [6.07, 6.45) is 1.49. The van der Waals surface area contributed by atoms with Crippen molar-refractivity contribution in [2.45, 2.75) is 4.43 Å². The summed E-state index contributed by atoms with van der Waals surface area (Å²) in [6.45, 7) is 0. The van der Waals surface area contributed by atoms with E-state index in [4.69, 9.17) is 0 Å². The third kappa shape index (κ3) is 2.44. The second-order valence-electron chi connectivity index (χ2n) is 2.00. The fourth-order valence-electron chi connectivity index (χ4n) is 0.712. The van der Waals surface area contributed by atoms with Gasteiger partial charge in [0.05, 0.1) is 5.69 Å². The largest absolute Gasteiger partial charge is 0.240 e. The summed E-state index contributed by atoms with van der Waals surface area (Å²) in [7, 11) is 0. The summed E-state index contributed by atoms with van der Waals surface area (Å²) in [5.74, 6) is 0. The molecule has 0 amide bonds. The summed E-state index contributed by atoms with van der Waals surface area (Å²) < 4.78 is 0.975. The smallest absolute Gasteiger partial charge is 0.211 e. The van der Waals surface area contributed by atoms with Gasteiger partial charge in [-0.2, -0.15) is 4.99 Å². The van der Waals surface area contributed by atoms with E-state index in [-0.39, 0.29) is 0 Å². The SMILES string of the molecule is O=C=Nc1ccc(CI)cc1. The van der Waals surface area contributed by atoms with Gasteiger partial charge in [-0.1, -0.05) is 34.7 Å². The molecule has 0 radical (unpaired) electrons. The first kappa shape index (κ1) is 8.43. The zero-order chi connectivity index (χ0) is 8.10. The maximum Gasteiger partial charge on any atom is 0.240 e. The Morgan fingerprint density at radius 2 is 2.00 bits per heavy atom. The van der Waals surface area contributed by atoms with Crippen molar-refractivity contribution in [1.29, 1.82) is 0 Å². The van der Waals surface area contributed by atoms with Crippen LogP contribution in [-0.4, -0.2) is 6.08 Å². The quantitative estimate of drug-likeness (QED) is 0.347. The van der Waals surface area contributed by atoms with E-state index in [1.807, 2.05) is 12.1 Å². The van der Waals surface area contributed by atoms with Crippen LogP contribution in [0.2, 0.25) is 0 Å². The lowest BCUT2D eigenvalue weighted by Gasteiger charge is -1.93. The Morgan fingerprint density at radius 3 is 2.45 bits per heavy atom. The highest BCUT2D eigenvalue weighted by molar-refractivity contribution is 14.1. The van der Waals surface area contributed by atoms with Crippen molar-refractivity contribution in [2.24, 2.45) is 4.99 Å². The molecular weight excluding hydrogens is 253 g/mol. The molecule has 0 saturated heterocycles. The molecule has 0 aromatic heterocycles. The van der Waals surface area contributed by atoms with Crippen molar-refractivity contribution < 1.29 is 4.79 Å². The summed E-state index contributed by atoms with van der Waals surface area (Å²) in [5.41, 5.74) is 1.89. The molecule has 1 rings (SSSR count). The van der Waals surface area contributed by atoms with Crippen molar-refractivity contribution in [3.63, 3.8) is 0 Å². The predicted octanol–water partition coefficient (Wildman–Crippen LogP) is 2.59. The van der Waals surface area contributed by atoms with E-state index in [0.717, 1.165) is 4.43 Å². The van der Waals surface area contributed by atoms with Crippen molar-refractivity contribution in [3.05, 3.63) is 29.8 Å². The number of hydrogen-bond donors (Lipinski definition) is 0. The number of rotatable bonds is 2. The molecule has 1 aromatic rings. The Hall–Kier alpha value is -0.670. The number of aliphatic imine (C=N–C) groups is 1. The summed E-state index contributed by atoms with van der Waals surface area (Å²) in [4.78, 5) is 13.3. The molecule has 3 heteroatoms. The summed E-state index contributed by atoms with van der Waals surface area (Å²) >= 11 is 2.28. The van der Waals surface area contributed by atoms with Gasteiger partial charge in [0.15, 0.2) is 0 Å². The highest BCUT2D eigenvalue weighted by atomic mass is 127. The number of carbonyl (C=O) groups excluding carboxylic acids is 1. The van der Waals surface area contributed by atoms with Crippen molar-refractivity contribution >= 4 is 34.4 Å². The Kier molecular flexibility index (Phi) is 3.26. The standard InChI is InChI=1S/C8H6INO/c9-5-7-1-3-8(4-2-7)10-6-11/h1-4H,5H2. The Morgan fingerprint density at radius 1 is 1.36 bits per heavy atom. The van der Waals surface area contributed by atoms with Crippen LogP contribution in [0.15, 0.2) is 29.3 Å². The van der Waals surface area contributed by atoms with Crippen LogP contribution in [0.3, 0.4) is 0 Å². The van der Waals surface area contributed by atoms with E-state index in [2.05, 4.69) is 27.6 Å². The monoisotopic (exact) mass is 259 g/mol. The van der Waals surface area contributed by atoms with E-state index < -0.39 is 0 Å². The minimum atomic E-state index is 0.661. The van der Waals surface area contributed by atoms with Gasteiger partial charge in [0, 0.05) is 4.43 Å². The minimum Gasteiger partial charge on any atom is -0.211 e. The number of hydrogen-bond acceptors (Lipinski definition) is 2. The molecule has 0 heterocycles. The van der Waals surface area contributed by atoms with Crippen LogP contribution < -0.4 is 0 Å². The van der Waals surface area contributed by atoms with Crippen LogP contribution in [0.4, 0.5) is 5.69 Å². The zero-order valence-corrected chi connectivity index (χ0v) is 7.91. The van der Waals surface area contributed by atoms with Crippen LogP contribution >= 0.6 is 22.6 Å². The average molecular weight is 259 g/mol. The average Bonchev–Trinajstić information content (AvgIpc) is 2.07. The van der Waals surface area contributed by atoms with Crippen LogP contribution in [0.25, 0.3) is 0 Å². The minimum absolute atomic E-state index is 0.661. The molecule has 2 nitrogen and oxygen atoms in total. The third-order valence-electron chi connectivity index (χ3n) is 1.27. The second kappa shape index (κ2) is 4.26. The highest BCUT2D eigenvalue weighted by Gasteiger charge is 1.89. The van der Waals surface area contributed by atoms with Gasteiger partial charge >= 0.3 is 0 Å². The van der Waals surface area contributed by atoms with Crippen molar-refractivity contribution in [2.75, 3.05) is 0 Å². The molecule has 0 saturated carbocycles. The van der Waals surface area contributed by atoms with E-state index >= 15 is 0 Å². The maximum atomic E-state index is 9.84. The van der Waals surface area contributed by atoms with Gasteiger partial charge in [-0.3, -0.25) is 0 Å². The number of isocyanates is 1. The molecule has 0 spiro atoms. The Balaban J connectivity index is 2.91. The van der Waals surface area contributed by atoms with E-state index in [0.29, 0.717) is 5.69 Å². The maximum absolute atomic E-state index is 9.84. The fourth-order valence-corrected chi connectivity index (χ4v) is 1.22. The normalized spacial score (nSPS) is 8.82. The molecule has 56 valence electrons. The second-order valence-corrected chi connectivity index (χ2v) is 2.77. The zero-order valence-electron chi connectivity index (χ0n) is 5.75. The van der Waals surface area contributed by atoms with Gasteiger partial charge in [-0.25, -0.2) is 4.79 Å². The van der Waals surface area contributed by atoms with Crippen LogP contribution in [0.5, 0.6) is 0 Å². The predicted molar refractivity (Wildman–Crippen MR) is 51.9 cm³/mol. The number of nitrogens with zero attached hydrogens (tertiary/aromatic N) is 1. The van der Waals surface area contributed by atoms with Gasteiger partial charge in [0.2, 0.25) is 6.08 Å². The molecule has 0 aliphatic rings. The van der Waals surface area contributed by atoms with Gasteiger partial charge in [0.1, 0.15) is 0 Å². The molecule has 0 atom stereocenters. The highest BCUT2D eigenvalue weighted by Crippen LogP contribution is 2.13. The van der Waals surface area contributed by atoms with Gasteiger partial charge in [-0.15, -0.1) is 0 Å². The Labute approximate surface area is 78.5 Å². The lowest BCUT2D eigenvalue weighted by atomic mass is 10.2. The lowest BCUT2D eigenvalue weighted by Crippen LogP contribution is -1.73. The van der Waals surface area contributed by atoms with E-state index in [1.165, 1.54) is 11.6 Å². The first-order valence-corrected chi connectivity index (χ1v) is 4.62. The van der Waals surface area contributed by atoms with Gasteiger partial charge in [-0.05, 0) is 17.7 Å². The molecule has 11 heavy (non-hydrogen) atoms.